The fourth-order valence-corrected chi connectivity index (χ4v) is 1.54. The van der Waals surface area contributed by atoms with E-state index < -0.39 is 0 Å². The van der Waals surface area contributed by atoms with Crippen molar-refractivity contribution in [3.05, 3.63) is 0 Å². The standard InChI is InChI=1S/C11H22BrNO/c1-4-6-8-10(7-5-2)13-11(14)9(3)12/h9-10H,4-8H2,1-3H3,(H,13,14). The summed E-state index contributed by atoms with van der Waals surface area (Å²) < 4.78 is 0. The van der Waals surface area contributed by atoms with Crippen LogP contribution < -0.4 is 5.32 Å². The topological polar surface area (TPSA) is 29.1 Å². The highest BCUT2D eigenvalue weighted by molar-refractivity contribution is 9.10. The van der Waals surface area contributed by atoms with E-state index in [-0.39, 0.29) is 10.7 Å². The van der Waals surface area contributed by atoms with Crippen molar-refractivity contribution < 1.29 is 4.79 Å². The van der Waals surface area contributed by atoms with Gasteiger partial charge in [-0.05, 0) is 19.8 Å². The number of carbonyl (C=O) groups is 1. The van der Waals surface area contributed by atoms with Crippen molar-refractivity contribution in [1.29, 1.82) is 0 Å². The van der Waals surface area contributed by atoms with Gasteiger partial charge in [0.1, 0.15) is 0 Å². The second-order valence-electron chi connectivity index (χ2n) is 3.75. The average Bonchev–Trinajstić information content (AvgIpc) is 2.14. The predicted molar refractivity (Wildman–Crippen MR) is 64.8 cm³/mol. The van der Waals surface area contributed by atoms with Crippen LogP contribution in [0, 0.1) is 0 Å². The highest BCUT2D eigenvalue weighted by Gasteiger charge is 2.14. The van der Waals surface area contributed by atoms with Crippen molar-refractivity contribution in [2.24, 2.45) is 0 Å². The Morgan fingerprint density at radius 3 is 2.36 bits per heavy atom. The Labute approximate surface area is 96.0 Å². The molecule has 0 aromatic heterocycles. The Balaban J connectivity index is 3.88. The normalized spacial score (nSPS) is 14.9. The number of hydrogen-bond donors (Lipinski definition) is 1. The molecule has 1 N–H and O–H groups in total. The molecule has 0 radical (unpaired) electrons. The SMILES string of the molecule is CCCCC(CCC)NC(=O)C(C)Br. The van der Waals surface area contributed by atoms with Crippen molar-refractivity contribution in [1.82, 2.24) is 5.32 Å². The first-order valence-corrected chi connectivity index (χ1v) is 6.47. The molecule has 0 aliphatic carbocycles. The molecule has 14 heavy (non-hydrogen) atoms. The summed E-state index contributed by atoms with van der Waals surface area (Å²) >= 11 is 3.28. The molecule has 0 aromatic rings. The van der Waals surface area contributed by atoms with Gasteiger partial charge in [0.05, 0.1) is 4.83 Å². The Bertz CT molecular complexity index is 159. The second-order valence-corrected chi connectivity index (χ2v) is 5.13. The van der Waals surface area contributed by atoms with Crippen LogP contribution in [0.4, 0.5) is 0 Å². The minimum absolute atomic E-state index is 0.0801. The van der Waals surface area contributed by atoms with Gasteiger partial charge >= 0.3 is 0 Å². The summed E-state index contributed by atoms with van der Waals surface area (Å²) in [6, 6.07) is 0.368. The average molecular weight is 264 g/mol. The molecule has 0 saturated heterocycles. The maximum atomic E-state index is 11.4. The van der Waals surface area contributed by atoms with Crippen molar-refractivity contribution in [3.63, 3.8) is 0 Å². The zero-order chi connectivity index (χ0) is 11.0. The van der Waals surface area contributed by atoms with Gasteiger partial charge in [-0.1, -0.05) is 49.0 Å². The first-order valence-electron chi connectivity index (χ1n) is 5.56. The molecule has 0 rings (SSSR count). The third-order valence-corrected chi connectivity index (χ3v) is 2.67. The van der Waals surface area contributed by atoms with Gasteiger partial charge in [0.15, 0.2) is 0 Å². The van der Waals surface area contributed by atoms with Crippen molar-refractivity contribution >= 4 is 21.8 Å². The summed E-state index contributed by atoms with van der Waals surface area (Å²) in [6.45, 7) is 6.19. The zero-order valence-corrected chi connectivity index (χ0v) is 11.1. The van der Waals surface area contributed by atoms with Crippen LogP contribution in [0.25, 0.3) is 0 Å². The molecule has 0 fully saturated rings. The maximum Gasteiger partial charge on any atom is 0.233 e. The summed E-state index contributed by atoms with van der Waals surface area (Å²) in [7, 11) is 0. The van der Waals surface area contributed by atoms with Crippen LogP contribution in [0.5, 0.6) is 0 Å². The fourth-order valence-electron chi connectivity index (χ4n) is 1.40. The number of carbonyl (C=O) groups excluding carboxylic acids is 1. The van der Waals surface area contributed by atoms with E-state index in [0.29, 0.717) is 6.04 Å². The van der Waals surface area contributed by atoms with Crippen LogP contribution >= 0.6 is 15.9 Å². The van der Waals surface area contributed by atoms with Crippen molar-refractivity contribution in [3.8, 4) is 0 Å². The summed E-state index contributed by atoms with van der Waals surface area (Å²) in [6.07, 6.45) is 5.72. The molecule has 0 bridgehead atoms. The lowest BCUT2D eigenvalue weighted by Gasteiger charge is -2.18. The van der Waals surface area contributed by atoms with E-state index in [1.807, 2.05) is 6.92 Å². The smallest absolute Gasteiger partial charge is 0.233 e. The number of alkyl halides is 1. The molecule has 2 unspecified atom stereocenters. The Kier molecular flexibility index (Phi) is 8.24. The zero-order valence-electron chi connectivity index (χ0n) is 9.48. The van der Waals surface area contributed by atoms with Crippen LogP contribution in [-0.2, 0) is 4.79 Å². The van der Waals surface area contributed by atoms with E-state index in [1.54, 1.807) is 0 Å². The highest BCUT2D eigenvalue weighted by atomic mass is 79.9. The summed E-state index contributed by atoms with van der Waals surface area (Å²) in [5.41, 5.74) is 0. The van der Waals surface area contributed by atoms with E-state index in [0.717, 1.165) is 19.3 Å². The molecule has 0 aliphatic rings. The van der Waals surface area contributed by atoms with Gasteiger partial charge in [0.25, 0.3) is 0 Å². The molecule has 1 amide bonds. The largest absolute Gasteiger partial charge is 0.352 e. The lowest BCUT2D eigenvalue weighted by molar-refractivity contribution is -0.120. The van der Waals surface area contributed by atoms with Gasteiger partial charge in [0.2, 0.25) is 5.91 Å². The highest BCUT2D eigenvalue weighted by Crippen LogP contribution is 2.08. The van der Waals surface area contributed by atoms with Gasteiger partial charge in [-0.3, -0.25) is 4.79 Å². The van der Waals surface area contributed by atoms with Crippen molar-refractivity contribution in [2.45, 2.75) is 63.7 Å². The van der Waals surface area contributed by atoms with E-state index in [2.05, 4.69) is 35.1 Å². The predicted octanol–water partition coefficient (Wildman–Crippen LogP) is 3.24. The minimum atomic E-state index is -0.0801. The van der Waals surface area contributed by atoms with E-state index in [1.165, 1.54) is 12.8 Å². The summed E-state index contributed by atoms with van der Waals surface area (Å²) in [5.74, 6) is 0.111. The first kappa shape index (κ1) is 13.9. The lowest BCUT2D eigenvalue weighted by atomic mass is 10.1. The minimum Gasteiger partial charge on any atom is -0.352 e. The number of nitrogens with one attached hydrogen (secondary N) is 1. The molecule has 84 valence electrons. The third kappa shape index (κ3) is 6.41. The quantitative estimate of drug-likeness (QED) is 0.703. The Hall–Kier alpha value is -0.0500. The number of unbranched alkanes of at least 4 members (excludes halogenated alkanes) is 1. The number of rotatable bonds is 7. The molecule has 2 atom stereocenters. The fraction of sp³-hybridized carbons (Fsp3) is 0.909. The molecule has 2 nitrogen and oxygen atoms in total. The monoisotopic (exact) mass is 263 g/mol. The van der Waals surface area contributed by atoms with Crippen molar-refractivity contribution in [2.75, 3.05) is 0 Å². The molecular weight excluding hydrogens is 242 g/mol. The van der Waals surface area contributed by atoms with Crippen LogP contribution in [0.15, 0.2) is 0 Å². The van der Waals surface area contributed by atoms with Gasteiger partial charge in [-0.25, -0.2) is 0 Å². The summed E-state index contributed by atoms with van der Waals surface area (Å²) in [5, 5.41) is 3.07. The van der Waals surface area contributed by atoms with Crippen LogP contribution in [0.2, 0.25) is 0 Å². The third-order valence-electron chi connectivity index (χ3n) is 2.25. The van der Waals surface area contributed by atoms with E-state index >= 15 is 0 Å². The molecular formula is C11H22BrNO. The maximum absolute atomic E-state index is 11.4. The molecule has 0 heterocycles. The molecule has 3 heteroatoms. The number of halogens is 1. The molecule has 0 spiro atoms. The molecule has 0 aromatic carbocycles. The van der Waals surface area contributed by atoms with Crippen LogP contribution in [0.1, 0.15) is 52.9 Å². The van der Waals surface area contributed by atoms with Gasteiger partial charge in [0, 0.05) is 6.04 Å². The van der Waals surface area contributed by atoms with Gasteiger partial charge in [-0.15, -0.1) is 0 Å². The van der Waals surface area contributed by atoms with Crippen LogP contribution in [-0.4, -0.2) is 16.8 Å². The second kappa shape index (κ2) is 8.27. The number of amides is 1. The van der Waals surface area contributed by atoms with Crippen LogP contribution in [0.3, 0.4) is 0 Å². The van der Waals surface area contributed by atoms with Gasteiger partial charge < -0.3 is 5.32 Å². The number of hydrogen-bond acceptors (Lipinski definition) is 1. The Morgan fingerprint density at radius 2 is 1.93 bits per heavy atom. The van der Waals surface area contributed by atoms with Gasteiger partial charge in [-0.2, -0.15) is 0 Å². The summed E-state index contributed by atoms with van der Waals surface area (Å²) in [4.78, 5) is 11.4. The first-order chi connectivity index (χ1) is 6.61. The van der Waals surface area contributed by atoms with E-state index in [9.17, 15) is 4.79 Å². The Morgan fingerprint density at radius 1 is 1.29 bits per heavy atom. The molecule has 0 saturated carbocycles. The molecule has 0 aliphatic heterocycles. The van der Waals surface area contributed by atoms with E-state index in [4.69, 9.17) is 0 Å². The lowest BCUT2D eigenvalue weighted by Crippen LogP contribution is -2.38.